The van der Waals surface area contributed by atoms with Gasteiger partial charge < -0.3 is 15.4 Å². The highest BCUT2D eigenvalue weighted by molar-refractivity contribution is 6.31. The molecule has 0 bridgehead atoms. The molecule has 9 heteroatoms. The van der Waals surface area contributed by atoms with Crippen LogP contribution in [0.4, 0.5) is 21.5 Å². The van der Waals surface area contributed by atoms with Crippen LogP contribution in [0.15, 0.2) is 36.4 Å². The van der Waals surface area contributed by atoms with Crippen LogP contribution in [0.2, 0.25) is 5.02 Å². The molecule has 0 radical (unpaired) electrons. The Labute approximate surface area is 141 Å². The third-order valence-corrected chi connectivity index (χ3v) is 3.36. The Kier molecular flexibility index (Phi) is 5.54. The predicted molar refractivity (Wildman–Crippen MR) is 88.2 cm³/mol. The molecule has 0 atom stereocenters. The normalized spacial score (nSPS) is 10.1. The largest absolute Gasteiger partial charge is 0.496 e. The molecule has 0 saturated heterocycles. The molecule has 2 N–H and O–H groups in total. The molecule has 126 valence electrons. The molecule has 0 aliphatic heterocycles. The average molecular weight is 354 g/mol. The highest BCUT2D eigenvalue weighted by atomic mass is 35.5. The minimum Gasteiger partial charge on any atom is -0.496 e. The minimum absolute atomic E-state index is 0.0131. The Bertz CT molecular complexity index is 785. The summed E-state index contributed by atoms with van der Waals surface area (Å²) in [6.07, 6.45) is 0. The quantitative estimate of drug-likeness (QED) is 0.613. The number of carbonyl (C=O) groups excluding carboxylic acids is 1. The average Bonchev–Trinajstić information content (AvgIpc) is 2.56. The molecule has 0 heterocycles. The van der Waals surface area contributed by atoms with Crippen LogP contribution < -0.4 is 15.4 Å². The summed E-state index contributed by atoms with van der Waals surface area (Å²) < 4.78 is 18.6. The number of rotatable bonds is 6. The number of carbonyl (C=O) groups is 1. The Morgan fingerprint density at radius 3 is 2.75 bits per heavy atom. The van der Waals surface area contributed by atoms with E-state index in [0.29, 0.717) is 5.75 Å². The summed E-state index contributed by atoms with van der Waals surface area (Å²) in [7, 11) is 1.38. The molecule has 0 aliphatic carbocycles. The monoisotopic (exact) mass is 353 g/mol. The van der Waals surface area contributed by atoms with Crippen molar-refractivity contribution >= 4 is 34.6 Å². The van der Waals surface area contributed by atoms with E-state index < -0.39 is 16.6 Å². The number of hydrogen-bond donors (Lipinski definition) is 2. The van der Waals surface area contributed by atoms with Crippen molar-refractivity contribution < 1.29 is 18.8 Å². The molecular weight excluding hydrogens is 341 g/mol. The van der Waals surface area contributed by atoms with Gasteiger partial charge in [-0.05, 0) is 24.3 Å². The van der Waals surface area contributed by atoms with Gasteiger partial charge in [-0.15, -0.1) is 0 Å². The van der Waals surface area contributed by atoms with Crippen LogP contribution in [0, 0.1) is 15.9 Å². The van der Waals surface area contributed by atoms with Crippen LogP contribution in [-0.2, 0) is 4.79 Å². The van der Waals surface area contributed by atoms with E-state index in [9.17, 15) is 19.3 Å². The number of nitro benzene ring substituents is 1. The van der Waals surface area contributed by atoms with Crippen LogP contribution in [0.3, 0.4) is 0 Å². The number of halogens is 2. The summed E-state index contributed by atoms with van der Waals surface area (Å²) in [4.78, 5) is 22.3. The van der Waals surface area contributed by atoms with Gasteiger partial charge in [-0.3, -0.25) is 14.9 Å². The number of nitrogens with zero attached hydrogens (tertiary/aromatic N) is 1. The number of methoxy groups -OCH3 is 1. The number of hydrogen-bond acceptors (Lipinski definition) is 5. The van der Waals surface area contributed by atoms with Crippen LogP contribution >= 0.6 is 11.6 Å². The van der Waals surface area contributed by atoms with Gasteiger partial charge in [-0.25, -0.2) is 4.39 Å². The van der Waals surface area contributed by atoms with Crippen molar-refractivity contribution in [1.29, 1.82) is 0 Å². The molecule has 2 aromatic rings. The molecule has 0 fully saturated rings. The summed E-state index contributed by atoms with van der Waals surface area (Å²) in [5.74, 6) is -0.969. The Hall–Kier alpha value is -2.87. The van der Waals surface area contributed by atoms with E-state index in [4.69, 9.17) is 16.3 Å². The first-order valence-corrected chi connectivity index (χ1v) is 7.10. The van der Waals surface area contributed by atoms with Crippen molar-refractivity contribution in [2.24, 2.45) is 0 Å². The number of benzene rings is 2. The summed E-state index contributed by atoms with van der Waals surface area (Å²) >= 11 is 5.64. The third-order valence-electron chi connectivity index (χ3n) is 3.07. The highest BCUT2D eigenvalue weighted by Crippen LogP contribution is 2.29. The maximum absolute atomic E-state index is 13.7. The Morgan fingerprint density at radius 1 is 1.33 bits per heavy atom. The lowest BCUT2D eigenvalue weighted by atomic mass is 10.2. The molecule has 24 heavy (non-hydrogen) atoms. The molecule has 2 aromatic carbocycles. The molecule has 2 rings (SSSR count). The molecule has 0 spiro atoms. The lowest BCUT2D eigenvalue weighted by Crippen LogP contribution is -2.22. The van der Waals surface area contributed by atoms with Gasteiger partial charge in [0.1, 0.15) is 11.4 Å². The van der Waals surface area contributed by atoms with E-state index in [1.807, 2.05) is 0 Å². The van der Waals surface area contributed by atoms with E-state index in [-0.39, 0.29) is 28.6 Å². The van der Waals surface area contributed by atoms with Crippen molar-refractivity contribution in [3.63, 3.8) is 0 Å². The molecule has 0 saturated carbocycles. The zero-order chi connectivity index (χ0) is 17.7. The van der Waals surface area contributed by atoms with E-state index in [0.717, 1.165) is 0 Å². The van der Waals surface area contributed by atoms with Gasteiger partial charge >= 0.3 is 0 Å². The Morgan fingerprint density at radius 2 is 2.08 bits per heavy atom. The third kappa shape index (κ3) is 4.11. The van der Waals surface area contributed by atoms with Crippen molar-refractivity contribution in [1.82, 2.24) is 0 Å². The first-order valence-electron chi connectivity index (χ1n) is 6.72. The van der Waals surface area contributed by atoms with Crippen LogP contribution in [0.5, 0.6) is 5.75 Å². The van der Waals surface area contributed by atoms with Crippen molar-refractivity contribution in [3.8, 4) is 5.75 Å². The van der Waals surface area contributed by atoms with Gasteiger partial charge in [-0.1, -0.05) is 17.7 Å². The van der Waals surface area contributed by atoms with E-state index in [1.54, 1.807) is 0 Å². The fraction of sp³-hybridized carbons (Fsp3) is 0.133. The molecule has 7 nitrogen and oxygen atoms in total. The number of nitro groups is 1. The van der Waals surface area contributed by atoms with Gasteiger partial charge in [0, 0.05) is 0 Å². The maximum Gasteiger partial charge on any atom is 0.296 e. The summed E-state index contributed by atoms with van der Waals surface area (Å²) in [5.41, 5.74) is -0.238. The van der Waals surface area contributed by atoms with Gasteiger partial charge in [0.25, 0.3) is 5.69 Å². The SMILES string of the molecule is COc1ccc(NC(=O)CNc2cccc(Cl)c2F)c([N+](=O)[O-])c1. The van der Waals surface area contributed by atoms with Gasteiger partial charge in [0.15, 0.2) is 5.82 Å². The number of ether oxygens (including phenoxy) is 1. The van der Waals surface area contributed by atoms with E-state index in [2.05, 4.69) is 10.6 Å². The standard InChI is InChI=1S/C15H13ClFN3O4/c1-24-9-5-6-11(13(7-9)20(22)23)19-14(21)8-18-12-4-2-3-10(16)15(12)17/h2-7,18H,8H2,1H3,(H,19,21). The van der Waals surface area contributed by atoms with Crippen molar-refractivity contribution in [3.05, 3.63) is 57.4 Å². The van der Waals surface area contributed by atoms with Crippen molar-refractivity contribution in [2.75, 3.05) is 24.3 Å². The zero-order valence-corrected chi connectivity index (χ0v) is 13.3. The van der Waals surface area contributed by atoms with Gasteiger partial charge in [-0.2, -0.15) is 0 Å². The number of amides is 1. The minimum atomic E-state index is -0.678. The fourth-order valence-corrected chi connectivity index (χ4v) is 2.08. The second kappa shape index (κ2) is 7.60. The summed E-state index contributed by atoms with van der Waals surface area (Å²) in [6.45, 7) is -0.291. The number of nitrogens with one attached hydrogen (secondary N) is 2. The summed E-state index contributed by atoms with van der Waals surface area (Å²) in [5, 5.41) is 15.9. The first kappa shape index (κ1) is 17.5. The zero-order valence-electron chi connectivity index (χ0n) is 12.5. The Balaban J connectivity index is 2.07. The molecule has 0 aliphatic rings. The number of anilines is 2. The van der Waals surface area contributed by atoms with E-state index >= 15 is 0 Å². The van der Waals surface area contributed by atoms with Crippen LogP contribution in [0.25, 0.3) is 0 Å². The van der Waals surface area contributed by atoms with Gasteiger partial charge in [0.05, 0.1) is 35.4 Å². The predicted octanol–water partition coefficient (Wildman–Crippen LogP) is 3.45. The lowest BCUT2D eigenvalue weighted by molar-refractivity contribution is -0.384. The second-order valence-electron chi connectivity index (χ2n) is 4.64. The van der Waals surface area contributed by atoms with Crippen LogP contribution in [0.1, 0.15) is 0 Å². The van der Waals surface area contributed by atoms with Crippen LogP contribution in [-0.4, -0.2) is 24.5 Å². The molecule has 0 aromatic heterocycles. The molecular formula is C15H13ClFN3O4. The smallest absolute Gasteiger partial charge is 0.296 e. The fourth-order valence-electron chi connectivity index (χ4n) is 1.91. The van der Waals surface area contributed by atoms with Crippen molar-refractivity contribution in [2.45, 2.75) is 0 Å². The topological polar surface area (TPSA) is 93.5 Å². The van der Waals surface area contributed by atoms with E-state index in [1.165, 1.54) is 43.5 Å². The molecule has 1 amide bonds. The highest BCUT2D eigenvalue weighted by Gasteiger charge is 2.17. The molecule has 0 unspecified atom stereocenters. The maximum atomic E-state index is 13.7. The summed E-state index contributed by atoms with van der Waals surface area (Å²) in [6, 6.07) is 8.36. The first-order chi connectivity index (χ1) is 11.4. The lowest BCUT2D eigenvalue weighted by Gasteiger charge is -2.10. The van der Waals surface area contributed by atoms with Gasteiger partial charge in [0.2, 0.25) is 5.91 Å². The second-order valence-corrected chi connectivity index (χ2v) is 5.05.